The molecule has 0 fully saturated rings. The number of carboxylic acids is 1. The molecular formula is C8H11BrN2O2. The normalized spacial score (nSPS) is 12.8. The molecule has 1 unspecified atom stereocenters. The van der Waals surface area contributed by atoms with E-state index in [1.54, 1.807) is 0 Å². The molecule has 1 aromatic heterocycles. The van der Waals surface area contributed by atoms with E-state index in [2.05, 4.69) is 26.1 Å². The molecule has 4 nitrogen and oxygen atoms in total. The fourth-order valence-electron chi connectivity index (χ4n) is 1.01. The lowest BCUT2D eigenvalue weighted by molar-refractivity contribution is 0.0689. The molecule has 0 spiro atoms. The molecular weight excluding hydrogens is 236 g/mol. The summed E-state index contributed by atoms with van der Waals surface area (Å²) in [7, 11) is 0. The van der Waals surface area contributed by atoms with Gasteiger partial charge in [-0.1, -0.05) is 13.8 Å². The minimum Gasteiger partial charge on any atom is -0.476 e. The molecule has 0 saturated heterocycles. The summed E-state index contributed by atoms with van der Waals surface area (Å²) in [5.41, 5.74) is 0.898. The van der Waals surface area contributed by atoms with Crippen LogP contribution >= 0.6 is 15.9 Å². The first-order valence-electron chi connectivity index (χ1n) is 4.05. The van der Waals surface area contributed by atoms with Gasteiger partial charge < -0.3 is 5.11 Å². The van der Waals surface area contributed by atoms with Crippen molar-refractivity contribution in [2.75, 3.05) is 0 Å². The number of hydrogen-bond acceptors (Lipinski definition) is 2. The predicted octanol–water partition coefficient (Wildman–Crippen LogP) is 2.38. The third kappa shape index (κ3) is 1.91. The minimum atomic E-state index is -1.02. The van der Waals surface area contributed by atoms with Gasteiger partial charge in [0.25, 0.3) is 0 Å². The molecule has 1 atom stereocenters. The number of carbonyl (C=O) groups is 1. The van der Waals surface area contributed by atoms with Crippen LogP contribution in [0.4, 0.5) is 0 Å². The van der Waals surface area contributed by atoms with Crippen molar-refractivity contribution in [1.29, 1.82) is 0 Å². The van der Waals surface area contributed by atoms with Crippen LogP contribution in [0.5, 0.6) is 0 Å². The Bertz CT molecular complexity index is 322. The van der Waals surface area contributed by atoms with Gasteiger partial charge in [-0.05, 0) is 28.3 Å². The molecule has 5 heteroatoms. The second-order valence-corrected chi connectivity index (χ2v) is 3.71. The van der Waals surface area contributed by atoms with Gasteiger partial charge in [-0.3, -0.25) is 5.10 Å². The first-order chi connectivity index (χ1) is 6.07. The molecule has 72 valence electrons. The average Bonchev–Trinajstić information content (AvgIpc) is 2.46. The van der Waals surface area contributed by atoms with Gasteiger partial charge in [0.15, 0.2) is 5.69 Å². The van der Waals surface area contributed by atoms with E-state index in [1.807, 2.05) is 13.8 Å². The number of aromatic amines is 1. The number of rotatable bonds is 3. The summed E-state index contributed by atoms with van der Waals surface area (Å²) in [6, 6.07) is 0. The van der Waals surface area contributed by atoms with Gasteiger partial charge in [0, 0.05) is 0 Å². The molecule has 0 bridgehead atoms. The van der Waals surface area contributed by atoms with Crippen molar-refractivity contribution in [3.63, 3.8) is 0 Å². The fraction of sp³-hybridized carbons (Fsp3) is 0.500. The Kier molecular flexibility index (Phi) is 3.08. The SMILES string of the molecule is CCC(C)c1[nH]nc(C(=O)O)c1Br. The summed E-state index contributed by atoms with van der Waals surface area (Å²) >= 11 is 3.22. The molecule has 2 N–H and O–H groups in total. The Balaban J connectivity index is 3.06. The number of aromatic carboxylic acids is 1. The van der Waals surface area contributed by atoms with Gasteiger partial charge in [-0.15, -0.1) is 0 Å². The molecule has 1 heterocycles. The maximum absolute atomic E-state index is 10.6. The van der Waals surface area contributed by atoms with Crippen LogP contribution in [0.2, 0.25) is 0 Å². The highest BCUT2D eigenvalue weighted by molar-refractivity contribution is 9.10. The second kappa shape index (κ2) is 3.91. The van der Waals surface area contributed by atoms with Crippen molar-refractivity contribution in [3.05, 3.63) is 15.9 Å². The second-order valence-electron chi connectivity index (χ2n) is 2.91. The number of nitrogens with zero attached hydrogens (tertiary/aromatic N) is 1. The Morgan fingerprint density at radius 3 is 2.77 bits per heavy atom. The van der Waals surface area contributed by atoms with Crippen LogP contribution < -0.4 is 0 Å². The molecule has 0 aliphatic heterocycles. The van der Waals surface area contributed by atoms with Crippen molar-refractivity contribution >= 4 is 21.9 Å². The first kappa shape index (κ1) is 10.2. The van der Waals surface area contributed by atoms with E-state index < -0.39 is 5.97 Å². The first-order valence-corrected chi connectivity index (χ1v) is 4.84. The molecule has 0 saturated carbocycles. The number of H-pyrrole nitrogens is 1. The smallest absolute Gasteiger partial charge is 0.357 e. The molecule has 1 rings (SSSR count). The van der Waals surface area contributed by atoms with Gasteiger partial charge in [-0.2, -0.15) is 5.10 Å². The van der Waals surface area contributed by atoms with Crippen LogP contribution in [-0.4, -0.2) is 21.3 Å². The molecule has 13 heavy (non-hydrogen) atoms. The zero-order valence-electron chi connectivity index (χ0n) is 7.47. The third-order valence-electron chi connectivity index (χ3n) is 2.04. The van der Waals surface area contributed by atoms with Gasteiger partial charge in [-0.25, -0.2) is 4.79 Å². The van der Waals surface area contributed by atoms with Gasteiger partial charge >= 0.3 is 5.97 Å². The van der Waals surface area contributed by atoms with E-state index in [4.69, 9.17) is 5.11 Å². The molecule has 0 aliphatic rings. The monoisotopic (exact) mass is 246 g/mol. The van der Waals surface area contributed by atoms with Gasteiger partial charge in [0.05, 0.1) is 10.2 Å². The molecule has 0 aliphatic carbocycles. The van der Waals surface area contributed by atoms with Crippen molar-refractivity contribution in [1.82, 2.24) is 10.2 Å². The number of hydrogen-bond donors (Lipinski definition) is 2. The summed E-state index contributed by atoms with van der Waals surface area (Å²) < 4.78 is 0.564. The highest BCUT2D eigenvalue weighted by Crippen LogP contribution is 2.27. The van der Waals surface area contributed by atoms with E-state index in [9.17, 15) is 4.79 Å². The van der Waals surface area contributed by atoms with Crippen LogP contribution in [0.25, 0.3) is 0 Å². The standard InChI is InChI=1S/C8H11BrN2O2/c1-3-4(2)6-5(9)7(8(12)13)11-10-6/h4H,3H2,1-2H3,(H,10,11)(H,12,13). The molecule has 0 radical (unpaired) electrons. The highest BCUT2D eigenvalue weighted by atomic mass is 79.9. The minimum absolute atomic E-state index is 0.0512. The lowest BCUT2D eigenvalue weighted by Gasteiger charge is -2.04. The number of nitrogens with one attached hydrogen (secondary N) is 1. The van der Waals surface area contributed by atoms with Gasteiger partial charge in [0.1, 0.15) is 0 Å². The van der Waals surface area contributed by atoms with Crippen molar-refractivity contribution in [3.8, 4) is 0 Å². The Labute approximate surface area is 84.5 Å². The Morgan fingerprint density at radius 1 is 1.77 bits per heavy atom. The highest BCUT2D eigenvalue weighted by Gasteiger charge is 2.19. The quantitative estimate of drug-likeness (QED) is 0.861. The lowest BCUT2D eigenvalue weighted by Crippen LogP contribution is -1.97. The van der Waals surface area contributed by atoms with Crippen LogP contribution in [0.15, 0.2) is 4.47 Å². The maximum atomic E-state index is 10.6. The van der Waals surface area contributed by atoms with E-state index in [1.165, 1.54) is 0 Å². The zero-order chi connectivity index (χ0) is 10.0. The summed E-state index contributed by atoms with van der Waals surface area (Å²) in [5, 5.41) is 15.2. The average molecular weight is 247 g/mol. The number of halogens is 1. The van der Waals surface area contributed by atoms with Crippen LogP contribution in [0, 0.1) is 0 Å². The molecule has 1 aromatic rings. The van der Waals surface area contributed by atoms with Crippen LogP contribution in [-0.2, 0) is 0 Å². The van der Waals surface area contributed by atoms with E-state index in [0.717, 1.165) is 12.1 Å². The van der Waals surface area contributed by atoms with E-state index in [0.29, 0.717) is 4.47 Å². The molecule has 0 aromatic carbocycles. The fourth-order valence-corrected chi connectivity index (χ4v) is 1.75. The summed E-state index contributed by atoms with van der Waals surface area (Å²) in [5.74, 6) is -0.729. The van der Waals surface area contributed by atoms with Crippen LogP contribution in [0.3, 0.4) is 0 Å². The largest absolute Gasteiger partial charge is 0.476 e. The van der Waals surface area contributed by atoms with Crippen molar-refractivity contribution in [2.45, 2.75) is 26.2 Å². The van der Waals surface area contributed by atoms with Crippen molar-refractivity contribution < 1.29 is 9.90 Å². The molecule has 0 amide bonds. The maximum Gasteiger partial charge on any atom is 0.357 e. The Morgan fingerprint density at radius 2 is 2.38 bits per heavy atom. The number of aromatic nitrogens is 2. The lowest BCUT2D eigenvalue weighted by atomic mass is 10.1. The van der Waals surface area contributed by atoms with Crippen LogP contribution in [0.1, 0.15) is 42.4 Å². The van der Waals surface area contributed by atoms with Gasteiger partial charge in [0.2, 0.25) is 0 Å². The topological polar surface area (TPSA) is 66.0 Å². The predicted molar refractivity (Wildman–Crippen MR) is 52.0 cm³/mol. The third-order valence-corrected chi connectivity index (χ3v) is 2.84. The van der Waals surface area contributed by atoms with Crippen molar-refractivity contribution in [2.24, 2.45) is 0 Å². The number of carboxylic acid groups (broad SMARTS) is 1. The summed E-state index contributed by atoms with van der Waals surface area (Å²) in [6.07, 6.45) is 0.944. The summed E-state index contributed by atoms with van der Waals surface area (Å²) in [6.45, 7) is 4.06. The summed E-state index contributed by atoms with van der Waals surface area (Å²) in [4.78, 5) is 10.6. The zero-order valence-corrected chi connectivity index (χ0v) is 9.05. The van der Waals surface area contributed by atoms with E-state index in [-0.39, 0.29) is 11.6 Å². The Hall–Kier alpha value is -0.840. The van der Waals surface area contributed by atoms with E-state index >= 15 is 0 Å².